The van der Waals surface area contributed by atoms with Gasteiger partial charge < -0.3 is 10.6 Å². The summed E-state index contributed by atoms with van der Waals surface area (Å²) in [6.07, 6.45) is 1.08. The average Bonchev–Trinajstić information content (AvgIpc) is 2.51. The molecule has 0 spiro atoms. The van der Waals surface area contributed by atoms with Crippen molar-refractivity contribution in [2.75, 3.05) is 11.4 Å². The minimum absolute atomic E-state index is 0. The lowest BCUT2D eigenvalue weighted by molar-refractivity contribution is 0.100. The highest BCUT2D eigenvalue weighted by Gasteiger charge is 2.38. The van der Waals surface area contributed by atoms with E-state index in [2.05, 4.69) is 46.6 Å². The number of nitrogens with two attached hydrogens (primary N) is 1. The highest BCUT2D eigenvalue weighted by atomic mass is 79.9. The minimum atomic E-state index is -0.430. The van der Waals surface area contributed by atoms with Crippen LogP contribution < -0.4 is 10.6 Å². The van der Waals surface area contributed by atoms with Crippen molar-refractivity contribution in [1.82, 2.24) is 4.98 Å². The summed E-state index contributed by atoms with van der Waals surface area (Å²) in [5.41, 5.74) is 5.92. The van der Waals surface area contributed by atoms with E-state index < -0.39 is 5.91 Å². The Morgan fingerprint density at radius 3 is 2.63 bits per heavy atom. The van der Waals surface area contributed by atoms with Gasteiger partial charge in [-0.1, -0.05) is 6.92 Å². The van der Waals surface area contributed by atoms with Gasteiger partial charge in [-0.3, -0.25) is 4.79 Å². The molecule has 1 aliphatic rings. The maximum absolute atomic E-state index is 11.5. The molecule has 2 rings (SSSR count). The summed E-state index contributed by atoms with van der Waals surface area (Å²) >= 11 is 3.36. The van der Waals surface area contributed by atoms with Crippen LogP contribution in [0.2, 0.25) is 0 Å². The molecule has 0 aliphatic carbocycles. The molecule has 2 N–H and O–H groups in total. The van der Waals surface area contributed by atoms with E-state index in [-0.39, 0.29) is 19.0 Å². The number of anilines is 1. The number of pyridine rings is 1. The van der Waals surface area contributed by atoms with E-state index in [1.165, 1.54) is 0 Å². The monoisotopic (exact) mass is 345 g/mol. The van der Waals surface area contributed by atoms with Crippen LogP contribution in [-0.4, -0.2) is 23.0 Å². The largest absolute Gasteiger partial charge is 0.365 e. The Labute approximate surface area is 129 Å². The second kappa shape index (κ2) is 5.71. The Morgan fingerprint density at radius 1 is 1.53 bits per heavy atom. The quantitative estimate of drug-likeness (QED) is 0.838. The number of amides is 1. The average molecular weight is 346 g/mol. The van der Waals surface area contributed by atoms with Gasteiger partial charge in [0.25, 0.3) is 5.91 Å². The molecule has 0 radical (unpaired) electrons. The molecule has 0 aromatic carbocycles. The van der Waals surface area contributed by atoms with Gasteiger partial charge in [0.15, 0.2) is 0 Å². The first-order valence-electron chi connectivity index (χ1n) is 6.05. The van der Waals surface area contributed by atoms with Gasteiger partial charge in [-0.15, -0.1) is 0 Å². The molecule has 1 saturated heterocycles. The number of rotatable bonds is 2. The molecule has 1 atom stereocenters. The molecule has 1 aromatic heterocycles. The molecule has 2 heterocycles. The second-order valence-corrected chi connectivity index (χ2v) is 6.41. The number of carbonyl (C=O) groups is 1. The Morgan fingerprint density at radius 2 is 2.16 bits per heavy atom. The van der Waals surface area contributed by atoms with Crippen molar-refractivity contribution in [1.29, 1.82) is 0 Å². The fourth-order valence-corrected chi connectivity index (χ4v) is 3.08. The van der Waals surface area contributed by atoms with Gasteiger partial charge >= 0.3 is 0 Å². The third-order valence-electron chi connectivity index (χ3n) is 3.44. The number of halogens is 1. The summed E-state index contributed by atoms with van der Waals surface area (Å²) in [7, 11) is 0. The first-order chi connectivity index (χ1) is 8.31. The van der Waals surface area contributed by atoms with Crippen molar-refractivity contribution < 1.29 is 4.79 Å². The van der Waals surface area contributed by atoms with Crippen molar-refractivity contribution in [3.8, 4) is 0 Å². The lowest BCUT2D eigenvalue weighted by atomic mass is 9.97. The summed E-state index contributed by atoms with van der Waals surface area (Å²) in [5.74, 6) is 0.841. The molecule has 19 heavy (non-hydrogen) atoms. The Kier molecular flexibility index (Phi) is 4.90. The van der Waals surface area contributed by atoms with Gasteiger partial charge in [-0.2, -0.15) is 13.5 Å². The maximum Gasteiger partial charge on any atom is 0.252 e. The lowest BCUT2D eigenvalue weighted by Crippen LogP contribution is -2.40. The predicted octanol–water partition coefficient (Wildman–Crippen LogP) is 2.68. The Bertz CT molecular complexity index is 493. The molecular weight excluding hydrogens is 326 g/mol. The first kappa shape index (κ1) is 16.3. The zero-order valence-electron chi connectivity index (χ0n) is 11.4. The van der Waals surface area contributed by atoms with Crippen molar-refractivity contribution in [2.45, 2.75) is 32.7 Å². The molecule has 6 heteroatoms. The van der Waals surface area contributed by atoms with Gasteiger partial charge in [0.2, 0.25) is 0 Å². The van der Waals surface area contributed by atoms with E-state index in [4.69, 9.17) is 5.73 Å². The third kappa shape index (κ3) is 3.23. The highest BCUT2D eigenvalue weighted by molar-refractivity contribution is 9.10. The molecule has 0 bridgehead atoms. The molecule has 1 aliphatic heterocycles. The van der Waals surface area contributed by atoms with E-state index in [1.807, 2.05) is 0 Å². The van der Waals surface area contributed by atoms with Crippen molar-refractivity contribution in [2.24, 2.45) is 11.7 Å². The van der Waals surface area contributed by atoms with Crippen molar-refractivity contribution in [3.63, 3.8) is 0 Å². The van der Waals surface area contributed by atoms with Crippen LogP contribution >= 0.6 is 29.4 Å². The Balaban J connectivity index is 0.00000180. The van der Waals surface area contributed by atoms with Gasteiger partial charge in [0.1, 0.15) is 10.4 Å². The van der Waals surface area contributed by atoms with Crippen LogP contribution in [0.5, 0.6) is 0 Å². The summed E-state index contributed by atoms with van der Waals surface area (Å²) in [5, 5.41) is 0. The SMILES string of the molecule is C[C@@H]1CN(c2nc(Br)ccc2C(N)=O)C(C)(C)C1.S. The zero-order valence-corrected chi connectivity index (χ0v) is 14.0. The third-order valence-corrected chi connectivity index (χ3v) is 3.88. The standard InChI is InChI=1S/C13H18BrN3O.H2S/c1-8-6-13(2,3)17(7-8)12-9(11(15)18)4-5-10(14)16-12;/h4-5,8H,6-7H2,1-3H3,(H2,15,18);1H2/t8-;/m0./s1. The molecule has 1 aromatic rings. The second-order valence-electron chi connectivity index (χ2n) is 5.60. The van der Waals surface area contributed by atoms with Crippen LogP contribution in [0, 0.1) is 5.92 Å². The van der Waals surface area contributed by atoms with Crippen molar-refractivity contribution in [3.05, 3.63) is 22.3 Å². The molecule has 4 nitrogen and oxygen atoms in total. The predicted molar refractivity (Wildman–Crippen MR) is 86.0 cm³/mol. The Hall–Kier alpha value is -0.750. The van der Waals surface area contributed by atoms with Crippen LogP contribution in [0.4, 0.5) is 5.82 Å². The van der Waals surface area contributed by atoms with Crippen molar-refractivity contribution >= 4 is 41.2 Å². The summed E-state index contributed by atoms with van der Waals surface area (Å²) < 4.78 is 0.720. The number of aromatic nitrogens is 1. The van der Waals surface area contributed by atoms with Crippen LogP contribution in [0.1, 0.15) is 37.6 Å². The lowest BCUT2D eigenvalue weighted by Gasteiger charge is -2.33. The summed E-state index contributed by atoms with van der Waals surface area (Å²) in [6, 6.07) is 3.48. The zero-order chi connectivity index (χ0) is 13.5. The fraction of sp³-hybridized carbons (Fsp3) is 0.538. The van der Waals surface area contributed by atoms with E-state index in [1.54, 1.807) is 12.1 Å². The van der Waals surface area contributed by atoms with Gasteiger partial charge in [0, 0.05) is 12.1 Å². The first-order valence-corrected chi connectivity index (χ1v) is 6.84. The molecule has 0 saturated carbocycles. The number of primary amides is 1. The normalized spacial score (nSPS) is 21.1. The van der Waals surface area contributed by atoms with Crippen LogP contribution in [0.3, 0.4) is 0 Å². The van der Waals surface area contributed by atoms with Crippen LogP contribution in [0.15, 0.2) is 16.7 Å². The molecule has 1 amide bonds. The fourth-order valence-electron chi connectivity index (χ4n) is 2.78. The number of hydrogen-bond acceptors (Lipinski definition) is 3. The van der Waals surface area contributed by atoms with Crippen LogP contribution in [0.25, 0.3) is 0 Å². The molecule has 106 valence electrons. The summed E-state index contributed by atoms with van der Waals surface area (Å²) in [4.78, 5) is 18.2. The van der Waals surface area contributed by atoms with E-state index in [0.29, 0.717) is 17.3 Å². The number of hydrogen-bond donors (Lipinski definition) is 1. The maximum atomic E-state index is 11.5. The molecule has 0 unspecified atom stereocenters. The highest BCUT2D eigenvalue weighted by Crippen LogP contribution is 2.37. The van der Waals surface area contributed by atoms with Crippen LogP contribution in [-0.2, 0) is 0 Å². The van der Waals surface area contributed by atoms with E-state index >= 15 is 0 Å². The van der Waals surface area contributed by atoms with E-state index in [9.17, 15) is 4.79 Å². The smallest absolute Gasteiger partial charge is 0.252 e. The summed E-state index contributed by atoms with van der Waals surface area (Å²) in [6.45, 7) is 7.45. The van der Waals surface area contributed by atoms with Gasteiger partial charge in [-0.05, 0) is 54.2 Å². The minimum Gasteiger partial charge on any atom is -0.365 e. The topological polar surface area (TPSA) is 59.2 Å². The van der Waals surface area contributed by atoms with Gasteiger partial charge in [-0.25, -0.2) is 4.98 Å². The number of nitrogens with zero attached hydrogens (tertiary/aromatic N) is 2. The van der Waals surface area contributed by atoms with Gasteiger partial charge in [0.05, 0.1) is 5.56 Å². The molecule has 1 fully saturated rings. The number of carbonyl (C=O) groups excluding carboxylic acids is 1. The van der Waals surface area contributed by atoms with E-state index in [0.717, 1.165) is 17.6 Å². The molecular formula is C13H20BrN3OS.